The van der Waals surface area contributed by atoms with E-state index in [2.05, 4.69) is 46.8 Å². The first-order valence-electron chi connectivity index (χ1n) is 15.1. The van der Waals surface area contributed by atoms with E-state index in [9.17, 15) is 9.90 Å². The van der Waals surface area contributed by atoms with Crippen molar-refractivity contribution in [2.45, 2.75) is 105 Å². The fraction of sp³-hybridized carbons (Fsp3) is 0.571. The average Bonchev–Trinajstić information content (AvgIpc) is 2.88. The van der Waals surface area contributed by atoms with Crippen LogP contribution in [-0.2, 0) is 0 Å². The summed E-state index contributed by atoms with van der Waals surface area (Å²) in [5, 5.41) is 11.8. The molecule has 0 bridgehead atoms. The van der Waals surface area contributed by atoms with Crippen LogP contribution in [0.4, 0.5) is 0 Å². The lowest BCUT2D eigenvalue weighted by molar-refractivity contribution is 0.368. The molecule has 4 unspecified atom stereocenters. The Labute approximate surface area is 230 Å². The predicted molar refractivity (Wildman–Crippen MR) is 161 cm³/mol. The van der Waals surface area contributed by atoms with Crippen molar-refractivity contribution in [3.05, 3.63) is 76.1 Å². The summed E-state index contributed by atoms with van der Waals surface area (Å²) in [5.74, 6) is 2.72. The monoisotopic (exact) mass is 518 g/mol. The molecule has 3 aromatic rings. The number of benzene rings is 2. The van der Waals surface area contributed by atoms with Crippen LogP contribution < -0.4 is 5.63 Å². The Bertz CT molecular complexity index is 1150. The maximum Gasteiger partial charge on any atom is 0.343 e. The number of hydrogen-bond donors (Lipinski definition) is 1. The molecule has 1 heterocycles. The lowest BCUT2D eigenvalue weighted by Crippen LogP contribution is -2.17. The van der Waals surface area contributed by atoms with E-state index in [4.69, 9.17) is 4.42 Å². The zero-order valence-electron chi connectivity index (χ0n) is 24.4. The van der Waals surface area contributed by atoms with E-state index in [-0.39, 0.29) is 11.7 Å². The van der Waals surface area contributed by atoms with Crippen LogP contribution in [-0.4, -0.2) is 5.11 Å². The first-order valence-corrected chi connectivity index (χ1v) is 15.1. The molecule has 0 saturated carbocycles. The highest BCUT2D eigenvalue weighted by Crippen LogP contribution is 2.38. The summed E-state index contributed by atoms with van der Waals surface area (Å²) in [6.07, 6.45) is 12.5. The number of aromatic hydroxyl groups is 1. The molecule has 3 nitrogen and oxygen atoms in total. The summed E-state index contributed by atoms with van der Waals surface area (Å²) in [6.45, 7) is 11.7. The number of hydrogen-bond acceptors (Lipinski definition) is 3. The molecule has 0 saturated heterocycles. The minimum atomic E-state index is -0.436. The molecule has 1 N–H and O–H groups in total. The van der Waals surface area contributed by atoms with Gasteiger partial charge in [-0.05, 0) is 47.8 Å². The van der Waals surface area contributed by atoms with Gasteiger partial charge in [0.1, 0.15) is 11.3 Å². The first-order chi connectivity index (χ1) is 18.3. The third-order valence-electron chi connectivity index (χ3n) is 8.27. The lowest BCUT2D eigenvalue weighted by atomic mass is 9.82. The largest absolute Gasteiger partial charge is 0.507 e. The van der Waals surface area contributed by atoms with E-state index < -0.39 is 5.63 Å². The van der Waals surface area contributed by atoms with Gasteiger partial charge in [-0.25, -0.2) is 4.79 Å². The molecule has 208 valence electrons. The van der Waals surface area contributed by atoms with Gasteiger partial charge >= 0.3 is 5.63 Å². The van der Waals surface area contributed by atoms with Gasteiger partial charge in [0.2, 0.25) is 0 Å². The van der Waals surface area contributed by atoms with E-state index in [0.717, 1.165) is 36.2 Å². The van der Waals surface area contributed by atoms with Gasteiger partial charge in [0.15, 0.2) is 0 Å². The highest BCUT2D eigenvalue weighted by atomic mass is 16.4. The predicted octanol–water partition coefficient (Wildman–Crippen LogP) is 10.1. The topological polar surface area (TPSA) is 50.4 Å². The zero-order chi connectivity index (χ0) is 27.5. The molecule has 3 heteroatoms. The number of rotatable bonds is 16. The number of para-hydroxylation sites is 1. The van der Waals surface area contributed by atoms with Gasteiger partial charge in [0, 0.05) is 5.92 Å². The van der Waals surface area contributed by atoms with E-state index in [0.29, 0.717) is 22.5 Å². The molecule has 0 amide bonds. The minimum Gasteiger partial charge on any atom is -0.507 e. The van der Waals surface area contributed by atoms with Crippen LogP contribution in [0.25, 0.3) is 11.0 Å². The van der Waals surface area contributed by atoms with Crippen molar-refractivity contribution in [2.75, 3.05) is 0 Å². The van der Waals surface area contributed by atoms with Crippen molar-refractivity contribution >= 4 is 11.0 Å². The fourth-order valence-corrected chi connectivity index (χ4v) is 5.87. The molecule has 4 atom stereocenters. The van der Waals surface area contributed by atoms with Crippen molar-refractivity contribution in [1.29, 1.82) is 0 Å². The normalized spacial score (nSPS) is 15.0. The SMILES string of the molecule is CC(C)CCCC(C)CCCC(C)CCCC(C)CC(c1ccccc1)c1c(O)c2ccccc2oc1=O. The van der Waals surface area contributed by atoms with Crippen LogP contribution in [0.1, 0.15) is 116 Å². The summed E-state index contributed by atoms with van der Waals surface area (Å²) < 4.78 is 5.64. The third kappa shape index (κ3) is 9.03. The second kappa shape index (κ2) is 15.1. The van der Waals surface area contributed by atoms with Crippen LogP contribution >= 0.6 is 0 Å². The van der Waals surface area contributed by atoms with Gasteiger partial charge in [0.05, 0.1) is 10.9 Å². The zero-order valence-corrected chi connectivity index (χ0v) is 24.4. The van der Waals surface area contributed by atoms with E-state index >= 15 is 0 Å². The summed E-state index contributed by atoms with van der Waals surface area (Å²) in [6, 6.07) is 17.3. The van der Waals surface area contributed by atoms with Crippen molar-refractivity contribution < 1.29 is 9.52 Å². The highest BCUT2D eigenvalue weighted by molar-refractivity contribution is 5.84. The molecule has 3 rings (SSSR count). The van der Waals surface area contributed by atoms with Gasteiger partial charge in [0.25, 0.3) is 0 Å². The quantitative estimate of drug-likeness (QED) is 0.192. The van der Waals surface area contributed by atoms with Crippen molar-refractivity contribution in [2.24, 2.45) is 23.7 Å². The Kier molecular flexibility index (Phi) is 12.0. The molecule has 0 radical (unpaired) electrons. The molecular weight excluding hydrogens is 468 g/mol. The second-order valence-electron chi connectivity index (χ2n) is 12.3. The lowest BCUT2D eigenvalue weighted by Gasteiger charge is -2.23. The maximum absolute atomic E-state index is 13.1. The van der Waals surface area contributed by atoms with Gasteiger partial charge in [-0.1, -0.05) is 135 Å². The van der Waals surface area contributed by atoms with Gasteiger partial charge in [-0.2, -0.15) is 0 Å². The Hall–Kier alpha value is -2.55. The Morgan fingerprint density at radius 2 is 1.21 bits per heavy atom. The third-order valence-corrected chi connectivity index (χ3v) is 8.27. The summed E-state index contributed by atoms with van der Waals surface area (Å²) in [4.78, 5) is 13.1. The number of fused-ring (bicyclic) bond motifs is 1. The first kappa shape index (κ1) is 30.0. The molecule has 38 heavy (non-hydrogen) atoms. The van der Waals surface area contributed by atoms with E-state index in [1.807, 2.05) is 36.4 Å². The Morgan fingerprint density at radius 1 is 0.684 bits per heavy atom. The second-order valence-corrected chi connectivity index (χ2v) is 12.3. The smallest absolute Gasteiger partial charge is 0.343 e. The van der Waals surface area contributed by atoms with E-state index in [1.165, 1.54) is 51.4 Å². The molecule has 0 fully saturated rings. The van der Waals surface area contributed by atoms with Crippen LogP contribution in [0.2, 0.25) is 0 Å². The highest BCUT2D eigenvalue weighted by Gasteiger charge is 2.26. The average molecular weight is 519 g/mol. The van der Waals surface area contributed by atoms with Crippen LogP contribution in [0, 0.1) is 23.7 Å². The standard InChI is InChI=1S/C35H50O3/c1-25(2)14-11-15-26(3)16-12-17-27(4)18-13-19-28(5)24-31(29-20-7-6-8-21-29)33-34(36)30-22-9-10-23-32(30)38-35(33)37/h6-10,20-23,25-28,31,36H,11-19,24H2,1-5H3. The Balaban J connectivity index is 1.55. The van der Waals surface area contributed by atoms with Gasteiger partial charge in [-0.3, -0.25) is 0 Å². The summed E-state index contributed by atoms with van der Waals surface area (Å²) >= 11 is 0. The molecule has 1 aromatic heterocycles. The Morgan fingerprint density at radius 3 is 1.82 bits per heavy atom. The summed E-state index contributed by atoms with van der Waals surface area (Å²) in [5.41, 5.74) is 1.43. The van der Waals surface area contributed by atoms with Crippen molar-refractivity contribution in [3.63, 3.8) is 0 Å². The van der Waals surface area contributed by atoms with Crippen molar-refractivity contribution in [3.8, 4) is 5.75 Å². The molecular formula is C35H50O3. The van der Waals surface area contributed by atoms with Gasteiger partial charge < -0.3 is 9.52 Å². The van der Waals surface area contributed by atoms with E-state index in [1.54, 1.807) is 6.07 Å². The van der Waals surface area contributed by atoms with Crippen LogP contribution in [0.3, 0.4) is 0 Å². The summed E-state index contributed by atoms with van der Waals surface area (Å²) in [7, 11) is 0. The molecule has 0 aliphatic rings. The van der Waals surface area contributed by atoms with Crippen LogP contribution in [0.15, 0.2) is 63.8 Å². The maximum atomic E-state index is 13.1. The van der Waals surface area contributed by atoms with Gasteiger partial charge in [-0.15, -0.1) is 0 Å². The fourth-order valence-electron chi connectivity index (χ4n) is 5.87. The molecule has 2 aromatic carbocycles. The minimum absolute atomic E-state index is 0.0601. The van der Waals surface area contributed by atoms with Crippen LogP contribution in [0.5, 0.6) is 5.75 Å². The molecule has 0 aliphatic heterocycles. The molecule has 0 aliphatic carbocycles. The van der Waals surface area contributed by atoms with Crippen molar-refractivity contribution in [1.82, 2.24) is 0 Å². The molecule has 0 spiro atoms.